The number of hydrogen-bond acceptors (Lipinski definition) is 6. The van der Waals surface area contributed by atoms with Gasteiger partial charge in [0.15, 0.2) is 11.1 Å². The Balaban J connectivity index is 0.00000420. The Morgan fingerprint density at radius 3 is 2.52 bits per heavy atom. The molecule has 1 fully saturated rings. The summed E-state index contributed by atoms with van der Waals surface area (Å²) in [6.07, 6.45) is 2.30. The van der Waals surface area contributed by atoms with Gasteiger partial charge in [-0.05, 0) is 41.0 Å². The van der Waals surface area contributed by atoms with Gasteiger partial charge in [-0.2, -0.15) is 0 Å². The number of carbonyl (C=O) groups is 1. The van der Waals surface area contributed by atoms with E-state index in [1.807, 2.05) is 46.2 Å². The van der Waals surface area contributed by atoms with Gasteiger partial charge in [-0.3, -0.25) is 4.99 Å². The number of hydrogen-bond donors (Lipinski definition) is 1. The molecule has 2 N–H and O–H groups in total. The van der Waals surface area contributed by atoms with Crippen LogP contribution in [0, 0.1) is 0 Å². The van der Waals surface area contributed by atoms with E-state index < -0.39 is 5.60 Å². The molecule has 8 nitrogen and oxygen atoms in total. The molecule has 0 atom stereocenters. The molecule has 0 spiro atoms. The molecule has 0 saturated carbocycles. The monoisotopic (exact) mass is 538 g/mol. The SMILES string of the molecule is CC(C)N(CCCN=C(N)N1CCN(c2nccs2)CC1)C(=O)OC(C)(C)C.I. The van der Waals surface area contributed by atoms with Crippen molar-refractivity contribution in [2.75, 3.05) is 44.2 Å². The fourth-order valence-corrected chi connectivity index (χ4v) is 3.61. The zero-order valence-electron chi connectivity index (χ0n) is 18.1. The number of carbonyl (C=O) groups excluding carboxylic acids is 1. The quantitative estimate of drug-likeness (QED) is 0.259. The van der Waals surface area contributed by atoms with Gasteiger partial charge in [0, 0.05) is 56.9 Å². The summed E-state index contributed by atoms with van der Waals surface area (Å²) in [5, 5.41) is 3.06. The summed E-state index contributed by atoms with van der Waals surface area (Å²) in [7, 11) is 0. The van der Waals surface area contributed by atoms with Crippen molar-refractivity contribution in [3.05, 3.63) is 11.6 Å². The minimum absolute atomic E-state index is 0. The lowest BCUT2D eigenvalue weighted by atomic mass is 10.2. The van der Waals surface area contributed by atoms with Crippen molar-refractivity contribution in [2.24, 2.45) is 10.7 Å². The highest BCUT2D eigenvalue weighted by Gasteiger charge is 2.24. The number of aliphatic imine (C=N–C) groups is 1. The molecule has 10 heteroatoms. The Kier molecular flexibility index (Phi) is 10.4. The summed E-state index contributed by atoms with van der Waals surface area (Å²) in [6.45, 7) is 14.3. The van der Waals surface area contributed by atoms with E-state index in [4.69, 9.17) is 10.5 Å². The van der Waals surface area contributed by atoms with E-state index in [1.165, 1.54) is 0 Å². The lowest BCUT2D eigenvalue weighted by Gasteiger charge is -2.35. The number of rotatable bonds is 6. The van der Waals surface area contributed by atoms with Crippen LogP contribution in [0.4, 0.5) is 9.93 Å². The molecule has 1 aliphatic rings. The average molecular weight is 539 g/mol. The molecule has 0 unspecified atom stereocenters. The van der Waals surface area contributed by atoms with Crippen LogP contribution in [0.2, 0.25) is 0 Å². The van der Waals surface area contributed by atoms with Crippen LogP contribution in [0.25, 0.3) is 0 Å². The third kappa shape index (κ3) is 8.53. The molecule has 0 aromatic carbocycles. The summed E-state index contributed by atoms with van der Waals surface area (Å²) in [5.74, 6) is 0.576. The van der Waals surface area contributed by atoms with Crippen LogP contribution in [0.3, 0.4) is 0 Å². The second-order valence-electron chi connectivity index (χ2n) is 8.15. The van der Waals surface area contributed by atoms with Crippen molar-refractivity contribution in [1.29, 1.82) is 0 Å². The van der Waals surface area contributed by atoms with Gasteiger partial charge >= 0.3 is 6.09 Å². The van der Waals surface area contributed by atoms with E-state index in [1.54, 1.807) is 16.2 Å². The van der Waals surface area contributed by atoms with Crippen molar-refractivity contribution >= 4 is 52.5 Å². The van der Waals surface area contributed by atoms with Crippen LogP contribution in [0.1, 0.15) is 41.0 Å². The lowest BCUT2D eigenvalue weighted by molar-refractivity contribution is 0.0190. The van der Waals surface area contributed by atoms with Gasteiger partial charge < -0.3 is 25.2 Å². The number of thiazole rings is 1. The van der Waals surface area contributed by atoms with Gasteiger partial charge in [-0.15, -0.1) is 35.3 Å². The van der Waals surface area contributed by atoms with Crippen molar-refractivity contribution < 1.29 is 9.53 Å². The number of piperazine rings is 1. The first-order valence-electron chi connectivity index (χ1n) is 9.86. The molecule has 1 aromatic heterocycles. The van der Waals surface area contributed by atoms with Gasteiger partial charge in [0.2, 0.25) is 0 Å². The largest absolute Gasteiger partial charge is 0.444 e. The summed E-state index contributed by atoms with van der Waals surface area (Å²) in [5.41, 5.74) is 5.68. The predicted octanol–water partition coefficient (Wildman–Crippen LogP) is 3.23. The molecular formula is C19H35IN6O2S. The van der Waals surface area contributed by atoms with E-state index in [2.05, 4.69) is 19.8 Å². The fourth-order valence-electron chi connectivity index (χ4n) is 2.91. The molecule has 166 valence electrons. The summed E-state index contributed by atoms with van der Waals surface area (Å²) >= 11 is 1.66. The Labute approximate surface area is 195 Å². The van der Waals surface area contributed by atoms with Gasteiger partial charge in [-0.25, -0.2) is 9.78 Å². The summed E-state index contributed by atoms with van der Waals surface area (Å²) in [4.78, 5) is 27.3. The number of nitrogens with zero attached hydrogens (tertiary/aromatic N) is 5. The highest BCUT2D eigenvalue weighted by Crippen LogP contribution is 2.18. The zero-order chi connectivity index (χ0) is 20.7. The molecule has 2 heterocycles. The standard InChI is InChI=1S/C19H34N6O2S.HI/c1-15(2)25(18(26)27-19(3,4)5)9-6-7-21-16(20)23-10-12-24(13-11-23)17-22-8-14-28-17;/h8,14-15H,6-7,9-13H2,1-5H3,(H2,20,21);1H. The molecule has 1 aromatic rings. The van der Waals surface area contributed by atoms with Gasteiger partial charge in [-0.1, -0.05) is 0 Å². The van der Waals surface area contributed by atoms with Crippen LogP contribution in [-0.2, 0) is 4.74 Å². The number of amides is 1. The predicted molar refractivity (Wildman–Crippen MR) is 130 cm³/mol. The number of halogens is 1. The van der Waals surface area contributed by atoms with Crippen LogP contribution in [0.5, 0.6) is 0 Å². The normalized spacial score (nSPS) is 15.3. The van der Waals surface area contributed by atoms with E-state index in [0.717, 1.165) is 37.7 Å². The number of guanidine groups is 1. The summed E-state index contributed by atoms with van der Waals surface area (Å²) < 4.78 is 5.48. The molecule has 0 bridgehead atoms. The first-order chi connectivity index (χ1) is 13.2. The minimum Gasteiger partial charge on any atom is -0.444 e. The van der Waals surface area contributed by atoms with Crippen LogP contribution in [0.15, 0.2) is 16.6 Å². The Bertz CT molecular complexity index is 640. The number of anilines is 1. The van der Waals surface area contributed by atoms with Crippen molar-refractivity contribution in [2.45, 2.75) is 52.7 Å². The first-order valence-corrected chi connectivity index (χ1v) is 10.7. The van der Waals surface area contributed by atoms with Crippen molar-refractivity contribution in [3.8, 4) is 0 Å². The smallest absolute Gasteiger partial charge is 0.410 e. The minimum atomic E-state index is -0.492. The molecule has 1 aliphatic heterocycles. The highest BCUT2D eigenvalue weighted by atomic mass is 127. The number of aromatic nitrogens is 1. The number of nitrogens with two attached hydrogens (primary N) is 1. The third-order valence-electron chi connectivity index (χ3n) is 4.38. The Hall–Kier alpha value is -1.30. The average Bonchev–Trinajstić information content (AvgIpc) is 3.14. The van der Waals surface area contributed by atoms with E-state index >= 15 is 0 Å². The van der Waals surface area contributed by atoms with Gasteiger partial charge in [0.25, 0.3) is 0 Å². The zero-order valence-corrected chi connectivity index (χ0v) is 21.3. The van der Waals surface area contributed by atoms with Crippen LogP contribution in [-0.4, -0.2) is 77.7 Å². The molecule has 1 amide bonds. The first kappa shape index (κ1) is 25.7. The highest BCUT2D eigenvalue weighted by molar-refractivity contribution is 14.0. The van der Waals surface area contributed by atoms with Crippen molar-refractivity contribution in [3.63, 3.8) is 0 Å². The Morgan fingerprint density at radius 2 is 2.00 bits per heavy atom. The molecular weight excluding hydrogens is 503 g/mol. The van der Waals surface area contributed by atoms with Gasteiger partial charge in [0.1, 0.15) is 5.60 Å². The third-order valence-corrected chi connectivity index (χ3v) is 5.21. The lowest BCUT2D eigenvalue weighted by Crippen LogP contribution is -2.51. The maximum atomic E-state index is 12.3. The molecule has 0 aliphatic carbocycles. The van der Waals surface area contributed by atoms with Crippen LogP contribution < -0.4 is 10.6 Å². The van der Waals surface area contributed by atoms with E-state index in [-0.39, 0.29) is 36.1 Å². The Morgan fingerprint density at radius 1 is 1.34 bits per heavy atom. The molecule has 29 heavy (non-hydrogen) atoms. The molecule has 2 rings (SSSR count). The van der Waals surface area contributed by atoms with E-state index in [0.29, 0.717) is 19.0 Å². The van der Waals surface area contributed by atoms with Crippen molar-refractivity contribution in [1.82, 2.24) is 14.8 Å². The number of ether oxygens (including phenoxy) is 1. The second kappa shape index (κ2) is 11.8. The molecule has 1 saturated heterocycles. The second-order valence-corrected chi connectivity index (χ2v) is 9.02. The molecule has 0 radical (unpaired) electrons. The maximum absolute atomic E-state index is 12.3. The van der Waals surface area contributed by atoms with Gasteiger partial charge in [0.05, 0.1) is 0 Å². The fraction of sp³-hybridized carbons (Fsp3) is 0.737. The summed E-state index contributed by atoms with van der Waals surface area (Å²) in [6, 6.07) is 0.0788. The van der Waals surface area contributed by atoms with E-state index in [9.17, 15) is 4.79 Å². The maximum Gasteiger partial charge on any atom is 0.410 e. The van der Waals surface area contributed by atoms with Crippen LogP contribution >= 0.6 is 35.3 Å². The topological polar surface area (TPSA) is 87.3 Å².